The van der Waals surface area contributed by atoms with Crippen molar-refractivity contribution in [3.8, 4) is 24.7 Å². The molecule has 2 aliphatic carbocycles. The lowest BCUT2D eigenvalue weighted by atomic mass is 9.87. The van der Waals surface area contributed by atoms with Gasteiger partial charge in [-0.05, 0) is 79.2 Å². The maximum atomic E-state index is 14.2. The minimum absolute atomic E-state index is 0.103. The van der Waals surface area contributed by atoms with E-state index in [4.69, 9.17) is 23.3 Å². The van der Waals surface area contributed by atoms with Gasteiger partial charge in [0.05, 0.1) is 18.5 Å². The molecule has 0 saturated heterocycles. The molecule has 1 saturated carbocycles. The number of hydrogen-bond donors (Lipinski definition) is 3. The normalized spacial score (nSPS) is 16.1. The van der Waals surface area contributed by atoms with Gasteiger partial charge in [-0.1, -0.05) is 18.8 Å². The Labute approximate surface area is 267 Å². The number of nitrogens with two attached hydrogens (primary N) is 1. The molecule has 2 rings (SSSR count). The monoisotopic (exact) mass is 626 g/mol. The third-order valence-electron chi connectivity index (χ3n) is 7.66. The van der Waals surface area contributed by atoms with Crippen LogP contribution in [0.15, 0.2) is 11.3 Å². The van der Waals surface area contributed by atoms with E-state index in [1.807, 2.05) is 6.92 Å². The Bertz CT molecular complexity index is 1280. The number of nitrogens with zero attached hydrogens (tertiary/aromatic N) is 3. The third kappa shape index (κ3) is 9.98. The van der Waals surface area contributed by atoms with Crippen molar-refractivity contribution in [1.82, 2.24) is 25.3 Å². The zero-order valence-electron chi connectivity index (χ0n) is 28.0. The first kappa shape index (κ1) is 37.2. The lowest BCUT2D eigenvalue weighted by molar-refractivity contribution is -0.158. The van der Waals surface area contributed by atoms with Gasteiger partial charge in [0.1, 0.15) is 23.7 Å². The van der Waals surface area contributed by atoms with Gasteiger partial charge in [-0.25, -0.2) is 4.79 Å². The predicted molar refractivity (Wildman–Crippen MR) is 171 cm³/mol. The third-order valence-corrected chi connectivity index (χ3v) is 7.66. The maximum Gasteiger partial charge on any atom is 0.407 e. The van der Waals surface area contributed by atoms with E-state index in [0.717, 1.165) is 18.5 Å². The number of rotatable bonds is 15. The minimum Gasteiger partial charge on any atom is -0.444 e. The Morgan fingerprint density at radius 1 is 0.978 bits per heavy atom. The first-order valence-electron chi connectivity index (χ1n) is 15.3. The van der Waals surface area contributed by atoms with Gasteiger partial charge < -0.3 is 35.8 Å². The van der Waals surface area contributed by atoms with Crippen LogP contribution in [0, 0.1) is 36.0 Å². The van der Waals surface area contributed by atoms with Crippen LogP contribution in [0.4, 0.5) is 4.79 Å². The van der Waals surface area contributed by atoms with E-state index in [1.54, 1.807) is 48.5 Å². The first-order chi connectivity index (χ1) is 20.8. The fourth-order valence-electron chi connectivity index (χ4n) is 5.26. The molecule has 0 aromatic heterocycles. The molecule has 2 atom stereocenters. The van der Waals surface area contributed by atoms with Crippen molar-refractivity contribution in [1.29, 1.82) is 0 Å². The highest BCUT2D eigenvalue weighted by Crippen LogP contribution is 2.53. The summed E-state index contributed by atoms with van der Waals surface area (Å²) in [4.78, 5) is 70.2. The van der Waals surface area contributed by atoms with Crippen LogP contribution in [-0.2, 0) is 23.9 Å². The summed E-state index contributed by atoms with van der Waals surface area (Å²) < 4.78 is 5.19. The fraction of sp³-hybridized carbons (Fsp3) is 0.667. The molecule has 0 aromatic carbocycles. The number of allylic oxidation sites excluding steroid dienone is 2. The van der Waals surface area contributed by atoms with Crippen molar-refractivity contribution < 1.29 is 28.7 Å². The lowest BCUT2D eigenvalue weighted by Crippen LogP contribution is -2.62. The Balaban J connectivity index is 2.18. The standard InChI is InChI=1S/C33H50N6O6/c1-11-14-37(20-26(40)36-25-18-22-17-23(22)25)29(43)33(9,10)39(16-13-3)28(42)32(7,8)21-38(15-12-2)27(41)24(34)19-35-30(44)45-31(4,5)6/h1-2,22,24H,13-21,34H2,3-10H3,(H,35,44)(H,36,40)/t22-,24?/m0/s1. The van der Waals surface area contributed by atoms with Crippen molar-refractivity contribution in [2.24, 2.45) is 17.1 Å². The summed E-state index contributed by atoms with van der Waals surface area (Å²) in [5.41, 5.74) is 4.98. The number of amides is 5. The zero-order valence-corrected chi connectivity index (χ0v) is 28.0. The van der Waals surface area contributed by atoms with E-state index in [1.165, 1.54) is 20.3 Å². The molecular weight excluding hydrogens is 576 g/mol. The van der Waals surface area contributed by atoms with Crippen LogP contribution in [0.3, 0.4) is 0 Å². The van der Waals surface area contributed by atoms with Gasteiger partial charge in [-0.2, -0.15) is 0 Å². The largest absolute Gasteiger partial charge is 0.444 e. The fourth-order valence-corrected chi connectivity index (χ4v) is 5.26. The van der Waals surface area contributed by atoms with E-state index in [0.29, 0.717) is 12.3 Å². The van der Waals surface area contributed by atoms with E-state index in [9.17, 15) is 24.0 Å². The first-order valence-corrected chi connectivity index (χ1v) is 15.3. The van der Waals surface area contributed by atoms with Crippen LogP contribution in [0.2, 0.25) is 0 Å². The second-order valence-electron chi connectivity index (χ2n) is 13.8. The molecular formula is C33H50N6O6. The van der Waals surface area contributed by atoms with Crippen LogP contribution in [-0.4, -0.2) is 101 Å². The van der Waals surface area contributed by atoms with Gasteiger partial charge in [0.2, 0.25) is 23.6 Å². The Hall–Kier alpha value is -4.03. The van der Waals surface area contributed by atoms with Crippen LogP contribution in [0.1, 0.15) is 74.7 Å². The number of carbonyl (C=O) groups is 5. The lowest BCUT2D eigenvalue weighted by Gasteiger charge is -2.44. The molecule has 0 spiro atoms. The smallest absolute Gasteiger partial charge is 0.407 e. The van der Waals surface area contributed by atoms with Gasteiger partial charge in [-0.15, -0.1) is 12.8 Å². The minimum atomic E-state index is -1.38. The van der Waals surface area contributed by atoms with E-state index >= 15 is 0 Å². The highest BCUT2D eigenvalue weighted by Gasteiger charge is 2.46. The molecule has 12 heteroatoms. The number of fused-ring (bicyclic) bond motifs is 1. The number of ether oxygens (including phenoxy) is 1. The summed E-state index contributed by atoms with van der Waals surface area (Å²) >= 11 is 0. The topological polar surface area (TPSA) is 154 Å². The molecule has 0 radical (unpaired) electrons. The van der Waals surface area contributed by atoms with Gasteiger partial charge in [0.25, 0.3) is 0 Å². The summed E-state index contributed by atoms with van der Waals surface area (Å²) in [7, 11) is 0. The molecule has 1 fully saturated rings. The van der Waals surface area contributed by atoms with Crippen molar-refractivity contribution in [3.05, 3.63) is 11.3 Å². The number of carbonyl (C=O) groups excluding carboxylic acids is 5. The van der Waals surface area contributed by atoms with Gasteiger partial charge >= 0.3 is 6.09 Å². The number of hydrogen-bond acceptors (Lipinski definition) is 7. The Kier molecular flexibility index (Phi) is 12.2. The molecule has 4 N–H and O–H groups in total. The maximum absolute atomic E-state index is 14.2. The summed E-state index contributed by atoms with van der Waals surface area (Å²) in [5.74, 6) is 3.70. The summed E-state index contributed by atoms with van der Waals surface area (Å²) in [6.45, 7) is 13.0. The number of alkyl carbamates (subject to hydrolysis) is 1. The summed E-state index contributed by atoms with van der Waals surface area (Å²) in [6, 6.07) is -1.15. The number of nitrogens with one attached hydrogen (secondary N) is 2. The van der Waals surface area contributed by atoms with Gasteiger partial charge in [-0.3, -0.25) is 19.2 Å². The van der Waals surface area contributed by atoms with Crippen LogP contribution in [0.5, 0.6) is 0 Å². The van der Waals surface area contributed by atoms with Gasteiger partial charge in [0, 0.05) is 25.3 Å². The molecule has 2 aliphatic rings. The molecule has 248 valence electrons. The van der Waals surface area contributed by atoms with E-state index in [-0.39, 0.29) is 45.2 Å². The van der Waals surface area contributed by atoms with Crippen LogP contribution < -0.4 is 16.4 Å². The zero-order chi connectivity index (χ0) is 34.3. The average Bonchev–Trinajstić information content (AvgIpc) is 3.60. The average molecular weight is 627 g/mol. The van der Waals surface area contributed by atoms with Crippen LogP contribution >= 0.6 is 0 Å². The second kappa shape index (κ2) is 14.8. The molecule has 45 heavy (non-hydrogen) atoms. The summed E-state index contributed by atoms with van der Waals surface area (Å²) in [6.07, 6.45) is 12.8. The summed E-state index contributed by atoms with van der Waals surface area (Å²) in [5, 5.41) is 5.36. The van der Waals surface area contributed by atoms with Crippen molar-refractivity contribution in [3.63, 3.8) is 0 Å². The Morgan fingerprint density at radius 2 is 1.58 bits per heavy atom. The highest BCUT2D eigenvalue weighted by molar-refractivity contribution is 5.95. The van der Waals surface area contributed by atoms with Crippen molar-refractivity contribution >= 4 is 29.7 Å². The number of terminal acetylenes is 2. The molecule has 0 bridgehead atoms. The van der Waals surface area contributed by atoms with Gasteiger partial charge in [0.15, 0.2) is 0 Å². The molecule has 12 nitrogen and oxygen atoms in total. The molecule has 5 amide bonds. The second-order valence-corrected chi connectivity index (χ2v) is 13.8. The quantitative estimate of drug-likeness (QED) is 0.233. The van der Waals surface area contributed by atoms with Crippen LogP contribution in [0.25, 0.3) is 0 Å². The SMILES string of the molecule is C#CCN(CC(C)(C)C(=O)N(CCC)C(C)(C)C(=O)N(CC#C)CC(=O)NC1=C2C[C@H]2C1)C(=O)C(N)CNC(=O)OC(C)(C)C. The molecule has 0 heterocycles. The van der Waals surface area contributed by atoms with E-state index < -0.39 is 46.4 Å². The van der Waals surface area contributed by atoms with Crippen molar-refractivity contribution in [2.75, 3.05) is 39.3 Å². The molecule has 0 aromatic rings. The van der Waals surface area contributed by atoms with E-state index in [2.05, 4.69) is 22.5 Å². The predicted octanol–water partition coefficient (Wildman–Crippen LogP) is 1.60. The highest BCUT2D eigenvalue weighted by atomic mass is 16.6. The Morgan fingerprint density at radius 3 is 2.07 bits per heavy atom. The van der Waals surface area contributed by atoms with Crippen molar-refractivity contribution in [2.45, 2.75) is 91.8 Å². The molecule has 1 unspecified atom stereocenters. The molecule has 0 aliphatic heterocycles.